The molecule has 1 heterocycles. The van der Waals surface area contributed by atoms with E-state index in [4.69, 9.17) is 0 Å². The van der Waals surface area contributed by atoms with Gasteiger partial charge in [0.05, 0.1) is 6.26 Å². The maximum Gasteiger partial charge on any atom is 0.339 e. The topological polar surface area (TPSA) is 30.2 Å². The lowest BCUT2D eigenvalue weighted by atomic mass is 10.1. The smallest absolute Gasteiger partial charge is 0.339 e. The van der Waals surface area contributed by atoms with Crippen molar-refractivity contribution in [2.24, 2.45) is 0 Å². The first-order chi connectivity index (χ1) is 4.75. The van der Waals surface area contributed by atoms with Crippen LogP contribution in [-0.4, -0.2) is 0 Å². The summed E-state index contributed by atoms with van der Waals surface area (Å²) < 4.78 is 4.67. The van der Waals surface area contributed by atoms with Gasteiger partial charge in [-0.05, 0) is 25.0 Å². The highest BCUT2D eigenvalue weighted by atomic mass is 16.4. The molecule has 0 radical (unpaired) electrons. The van der Waals surface area contributed by atoms with Gasteiger partial charge in [-0.15, -0.1) is 0 Å². The maximum absolute atomic E-state index is 10.9. The highest BCUT2D eigenvalue weighted by Gasteiger charge is 1.99. The third-order valence-electron chi connectivity index (χ3n) is 1.57. The Bertz CT molecular complexity index is 273. The molecule has 0 saturated carbocycles. The molecular weight excluding hydrogens is 128 g/mol. The van der Waals surface area contributed by atoms with Gasteiger partial charge in [0.25, 0.3) is 0 Å². The fourth-order valence-corrected chi connectivity index (χ4v) is 0.954. The molecule has 0 fully saturated rings. The first-order valence-electron chi connectivity index (χ1n) is 3.33. The Kier molecular flexibility index (Phi) is 1.90. The first-order valence-corrected chi connectivity index (χ1v) is 3.33. The van der Waals surface area contributed by atoms with Crippen molar-refractivity contribution in [1.82, 2.24) is 0 Å². The Labute approximate surface area is 59.5 Å². The van der Waals surface area contributed by atoms with Crippen molar-refractivity contribution in [3.63, 3.8) is 0 Å². The van der Waals surface area contributed by atoms with Crippen molar-refractivity contribution in [2.75, 3.05) is 0 Å². The molecule has 10 heavy (non-hydrogen) atoms. The van der Waals surface area contributed by atoms with Gasteiger partial charge in [-0.1, -0.05) is 6.92 Å². The number of hydrogen-bond donors (Lipinski definition) is 0. The zero-order valence-corrected chi connectivity index (χ0v) is 6.18. The van der Waals surface area contributed by atoms with Crippen molar-refractivity contribution in [3.8, 4) is 0 Å². The largest absolute Gasteiger partial charge is 0.431 e. The summed E-state index contributed by atoms with van der Waals surface area (Å²) >= 11 is 0. The summed E-state index contributed by atoms with van der Waals surface area (Å²) in [5.74, 6) is 0. The van der Waals surface area contributed by atoms with Crippen LogP contribution in [0, 0.1) is 6.92 Å². The fourth-order valence-electron chi connectivity index (χ4n) is 0.954. The van der Waals surface area contributed by atoms with E-state index in [1.54, 1.807) is 6.07 Å². The Balaban J connectivity index is 3.31. The van der Waals surface area contributed by atoms with Crippen LogP contribution in [0.25, 0.3) is 0 Å². The van der Waals surface area contributed by atoms with Crippen molar-refractivity contribution in [2.45, 2.75) is 20.3 Å². The number of rotatable bonds is 1. The molecule has 1 rings (SSSR count). The molecule has 0 amide bonds. The van der Waals surface area contributed by atoms with Crippen molar-refractivity contribution >= 4 is 0 Å². The highest BCUT2D eigenvalue weighted by molar-refractivity contribution is 5.19. The maximum atomic E-state index is 10.9. The zero-order chi connectivity index (χ0) is 7.56. The minimum absolute atomic E-state index is 0.206. The third kappa shape index (κ3) is 1.10. The molecule has 0 aliphatic rings. The molecule has 0 spiro atoms. The van der Waals surface area contributed by atoms with Gasteiger partial charge in [0.2, 0.25) is 0 Å². The van der Waals surface area contributed by atoms with Crippen molar-refractivity contribution < 1.29 is 4.42 Å². The van der Waals surface area contributed by atoms with Crippen molar-refractivity contribution in [3.05, 3.63) is 33.9 Å². The van der Waals surface area contributed by atoms with Crippen LogP contribution in [0.15, 0.2) is 21.5 Å². The van der Waals surface area contributed by atoms with Crippen LogP contribution in [0.2, 0.25) is 0 Å². The van der Waals surface area contributed by atoms with Gasteiger partial charge < -0.3 is 4.42 Å². The van der Waals surface area contributed by atoms with E-state index in [9.17, 15) is 4.79 Å². The average molecular weight is 138 g/mol. The highest BCUT2D eigenvalue weighted by Crippen LogP contribution is 2.00. The van der Waals surface area contributed by atoms with Crippen LogP contribution in [0.3, 0.4) is 0 Å². The van der Waals surface area contributed by atoms with Crippen LogP contribution < -0.4 is 5.63 Å². The molecule has 0 aliphatic carbocycles. The Morgan fingerprint density at radius 1 is 1.60 bits per heavy atom. The second-order valence-electron chi connectivity index (χ2n) is 2.22. The van der Waals surface area contributed by atoms with Crippen LogP contribution in [0.5, 0.6) is 0 Å². The third-order valence-corrected chi connectivity index (χ3v) is 1.57. The van der Waals surface area contributed by atoms with Gasteiger partial charge in [-0.25, -0.2) is 4.79 Å². The Morgan fingerprint density at radius 2 is 2.30 bits per heavy atom. The second kappa shape index (κ2) is 2.69. The molecule has 0 aromatic carbocycles. The Morgan fingerprint density at radius 3 is 2.70 bits per heavy atom. The van der Waals surface area contributed by atoms with Crippen LogP contribution in [0.1, 0.15) is 18.1 Å². The SMILES string of the molecule is CCc1c(C)ccoc1=O. The van der Waals surface area contributed by atoms with E-state index in [0.29, 0.717) is 0 Å². The summed E-state index contributed by atoms with van der Waals surface area (Å²) in [5.41, 5.74) is 1.59. The van der Waals surface area contributed by atoms with Gasteiger partial charge in [0, 0.05) is 5.56 Å². The standard InChI is InChI=1S/C8H10O2/c1-3-7-6(2)4-5-10-8(7)9/h4-5H,3H2,1-2H3. The molecule has 0 aliphatic heterocycles. The summed E-state index contributed by atoms with van der Waals surface area (Å²) in [6.07, 6.45) is 2.17. The molecule has 0 bridgehead atoms. The lowest BCUT2D eigenvalue weighted by Gasteiger charge is -1.96. The van der Waals surface area contributed by atoms with E-state index < -0.39 is 0 Å². The molecule has 54 valence electrons. The van der Waals surface area contributed by atoms with Gasteiger partial charge in [-0.2, -0.15) is 0 Å². The number of aryl methyl sites for hydroxylation is 1. The fraction of sp³-hybridized carbons (Fsp3) is 0.375. The van der Waals surface area contributed by atoms with Gasteiger partial charge in [0.15, 0.2) is 0 Å². The Hall–Kier alpha value is -1.05. The lowest BCUT2D eigenvalue weighted by Crippen LogP contribution is -2.07. The summed E-state index contributed by atoms with van der Waals surface area (Å²) in [6, 6.07) is 1.81. The quantitative estimate of drug-likeness (QED) is 0.588. The molecule has 0 atom stereocenters. The second-order valence-corrected chi connectivity index (χ2v) is 2.22. The van der Waals surface area contributed by atoms with E-state index in [0.717, 1.165) is 17.5 Å². The molecule has 0 saturated heterocycles. The van der Waals surface area contributed by atoms with Gasteiger partial charge >= 0.3 is 5.63 Å². The van der Waals surface area contributed by atoms with Gasteiger partial charge in [0.1, 0.15) is 0 Å². The molecule has 0 N–H and O–H groups in total. The van der Waals surface area contributed by atoms with E-state index in [2.05, 4.69) is 4.42 Å². The van der Waals surface area contributed by atoms with E-state index in [1.807, 2.05) is 13.8 Å². The average Bonchev–Trinajstić information content (AvgIpc) is 1.88. The minimum atomic E-state index is -0.206. The number of hydrogen-bond acceptors (Lipinski definition) is 2. The van der Waals surface area contributed by atoms with Crippen LogP contribution >= 0.6 is 0 Å². The van der Waals surface area contributed by atoms with E-state index in [-0.39, 0.29) is 5.63 Å². The van der Waals surface area contributed by atoms with Gasteiger partial charge in [-0.3, -0.25) is 0 Å². The normalized spacial score (nSPS) is 9.80. The zero-order valence-electron chi connectivity index (χ0n) is 6.18. The molecule has 1 aromatic heterocycles. The monoisotopic (exact) mass is 138 g/mol. The van der Waals surface area contributed by atoms with Crippen LogP contribution in [0.4, 0.5) is 0 Å². The summed E-state index contributed by atoms with van der Waals surface area (Å²) in [7, 11) is 0. The lowest BCUT2D eigenvalue weighted by molar-refractivity contribution is 0.500. The van der Waals surface area contributed by atoms with E-state index >= 15 is 0 Å². The molecular formula is C8H10O2. The molecule has 0 unspecified atom stereocenters. The molecule has 2 nitrogen and oxygen atoms in total. The van der Waals surface area contributed by atoms with Crippen LogP contribution in [-0.2, 0) is 6.42 Å². The van der Waals surface area contributed by atoms with Crippen molar-refractivity contribution in [1.29, 1.82) is 0 Å². The van der Waals surface area contributed by atoms with E-state index in [1.165, 1.54) is 6.26 Å². The first kappa shape index (κ1) is 7.06. The summed E-state index contributed by atoms with van der Waals surface area (Å²) in [4.78, 5) is 10.9. The molecule has 2 heteroatoms. The predicted molar refractivity (Wildman–Crippen MR) is 39.1 cm³/mol. The minimum Gasteiger partial charge on any atom is -0.431 e. The predicted octanol–water partition coefficient (Wildman–Crippen LogP) is 1.51. The summed E-state index contributed by atoms with van der Waals surface area (Å²) in [5, 5.41) is 0. The summed E-state index contributed by atoms with van der Waals surface area (Å²) in [6.45, 7) is 3.86. The molecule has 1 aromatic rings.